The molecule has 3 heteroatoms. The van der Waals surface area contributed by atoms with Crippen molar-refractivity contribution in [1.82, 2.24) is 5.43 Å². The van der Waals surface area contributed by atoms with Crippen molar-refractivity contribution in [2.75, 3.05) is 0 Å². The third kappa shape index (κ3) is 2.08. The monoisotopic (exact) mass is 214 g/mol. The molecule has 82 valence electrons. The maximum absolute atomic E-state index is 5.71. The molecule has 3 nitrogen and oxygen atoms in total. The van der Waals surface area contributed by atoms with Gasteiger partial charge in [0.15, 0.2) is 0 Å². The summed E-state index contributed by atoms with van der Waals surface area (Å²) in [5.41, 5.74) is 3.60. The Morgan fingerprint density at radius 1 is 1.44 bits per heavy atom. The molecule has 1 aromatic heterocycles. The molecule has 0 saturated heterocycles. The minimum atomic E-state index is -0.0246. The fourth-order valence-corrected chi connectivity index (χ4v) is 1.71. The van der Waals surface area contributed by atoms with Gasteiger partial charge in [-0.25, -0.2) is 5.43 Å². The van der Waals surface area contributed by atoms with Gasteiger partial charge < -0.3 is 4.42 Å². The van der Waals surface area contributed by atoms with E-state index in [1.807, 2.05) is 30.3 Å². The Bertz CT molecular complexity index is 477. The quantitative estimate of drug-likeness (QED) is 0.466. The standard InChI is InChI=1S/C13H14N2O/c1-2-3-7-11(15-14)13-9-10-6-4-5-8-12(10)16-13/h1,4-6,8-9,11,15H,3,7,14H2. The number of hydrogen-bond acceptors (Lipinski definition) is 3. The zero-order valence-electron chi connectivity index (χ0n) is 8.94. The molecule has 0 saturated carbocycles. The summed E-state index contributed by atoms with van der Waals surface area (Å²) >= 11 is 0. The number of nitrogens with one attached hydrogen (secondary N) is 1. The zero-order chi connectivity index (χ0) is 11.4. The summed E-state index contributed by atoms with van der Waals surface area (Å²) in [6.45, 7) is 0. The molecule has 0 aliphatic heterocycles. The summed E-state index contributed by atoms with van der Waals surface area (Å²) in [6.07, 6.45) is 6.68. The number of hydrazine groups is 1. The fraction of sp³-hybridized carbons (Fsp3) is 0.231. The number of fused-ring (bicyclic) bond motifs is 1. The van der Waals surface area contributed by atoms with Crippen LogP contribution in [0.4, 0.5) is 0 Å². The summed E-state index contributed by atoms with van der Waals surface area (Å²) in [5.74, 6) is 8.92. The number of nitrogens with two attached hydrogens (primary N) is 1. The Morgan fingerprint density at radius 3 is 2.94 bits per heavy atom. The highest BCUT2D eigenvalue weighted by Gasteiger charge is 2.13. The van der Waals surface area contributed by atoms with E-state index in [4.69, 9.17) is 16.7 Å². The average molecular weight is 214 g/mol. The van der Waals surface area contributed by atoms with Gasteiger partial charge in [0, 0.05) is 11.8 Å². The van der Waals surface area contributed by atoms with E-state index >= 15 is 0 Å². The molecule has 0 bridgehead atoms. The SMILES string of the molecule is C#CCCC(NN)c1cc2ccccc2o1. The van der Waals surface area contributed by atoms with Crippen LogP contribution in [0.3, 0.4) is 0 Å². The summed E-state index contributed by atoms with van der Waals surface area (Å²) in [5, 5.41) is 1.08. The lowest BCUT2D eigenvalue weighted by molar-refractivity contribution is 0.420. The second-order valence-corrected chi connectivity index (χ2v) is 3.65. The summed E-state index contributed by atoms with van der Waals surface area (Å²) in [6, 6.07) is 9.85. The lowest BCUT2D eigenvalue weighted by Crippen LogP contribution is -2.27. The van der Waals surface area contributed by atoms with Crippen molar-refractivity contribution in [3.63, 3.8) is 0 Å². The largest absolute Gasteiger partial charge is 0.459 e. The molecule has 16 heavy (non-hydrogen) atoms. The first-order valence-corrected chi connectivity index (χ1v) is 5.23. The molecular formula is C13H14N2O. The Balaban J connectivity index is 2.27. The highest BCUT2D eigenvalue weighted by molar-refractivity contribution is 5.77. The van der Waals surface area contributed by atoms with E-state index in [0.29, 0.717) is 6.42 Å². The number of para-hydroxylation sites is 1. The molecular weight excluding hydrogens is 200 g/mol. The van der Waals surface area contributed by atoms with Gasteiger partial charge in [0.05, 0.1) is 6.04 Å². The summed E-state index contributed by atoms with van der Waals surface area (Å²) in [4.78, 5) is 0. The molecule has 1 atom stereocenters. The van der Waals surface area contributed by atoms with E-state index in [1.54, 1.807) is 0 Å². The van der Waals surface area contributed by atoms with Crippen LogP contribution in [0.5, 0.6) is 0 Å². The second kappa shape index (κ2) is 4.84. The van der Waals surface area contributed by atoms with Crippen LogP contribution in [0, 0.1) is 12.3 Å². The Morgan fingerprint density at radius 2 is 2.25 bits per heavy atom. The first-order valence-electron chi connectivity index (χ1n) is 5.23. The van der Waals surface area contributed by atoms with Gasteiger partial charge in [0.1, 0.15) is 11.3 Å². The average Bonchev–Trinajstić information content (AvgIpc) is 2.73. The van der Waals surface area contributed by atoms with Gasteiger partial charge in [-0.15, -0.1) is 12.3 Å². The fourth-order valence-electron chi connectivity index (χ4n) is 1.71. The number of hydrogen-bond donors (Lipinski definition) is 2. The van der Waals surface area contributed by atoms with Crippen LogP contribution in [0.25, 0.3) is 11.0 Å². The zero-order valence-corrected chi connectivity index (χ0v) is 8.94. The van der Waals surface area contributed by atoms with E-state index in [2.05, 4.69) is 11.3 Å². The van der Waals surface area contributed by atoms with Crippen LogP contribution in [0.15, 0.2) is 34.7 Å². The van der Waals surface area contributed by atoms with Gasteiger partial charge >= 0.3 is 0 Å². The van der Waals surface area contributed by atoms with Crippen molar-refractivity contribution >= 4 is 11.0 Å². The van der Waals surface area contributed by atoms with E-state index in [0.717, 1.165) is 23.2 Å². The minimum absolute atomic E-state index is 0.0246. The number of terminal acetylenes is 1. The van der Waals surface area contributed by atoms with Crippen LogP contribution in [0.2, 0.25) is 0 Å². The second-order valence-electron chi connectivity index (χ2n) is 3.65. The van der Waals surface area contributed by atoms with Gasteiger partial charge in [-0.3, -0.25) is 5.84 Å². The maximum Gasteiger partial charge on any atom is 0.134 e. The number of rotatable bonds is 4. The minimum Gasteiger partial charge on any atom is -0.459 e. The molecule has 1 aromatic carbocycles. The number of benzene rings is 1. The third-order valence-electron chi connectivity index (χ3n) is 2.57. The molecule has 0 aliphatic rings. The van der Waals surface area contributed by atoms with Crippen molar-refractivity contribution in [1.29, 1.82) is 0 Å². The van der Waals surface area contributed by atoms with Gasteiger partial charge in [0.25, 0.3) is 0 Å². The molecule has 0 spiro atoms. The van der Waals surface area contributed by atoms with E-state index < -0.39 is 0 Å². The van der Waals surface area contributed by atoms with Crippen molar-refractivity contribution in [2.45, 2.75) is 18.9 Å². The molecule has 3 N–H and O–H groups in total. The molecule has 2 rings (SSSR count). The van der Waals surface area contributed by atoms with Crippen molar-refractivity contribution in [3.05, 3.63) is 36.1 Å². The molecule has 2 aromatic rings. The number of furan rings is 1. The lowest BCUT2D eigenvalue weighted by atomic mass is 10.1. The molecule has 0 aliphatic carbocycles. The van der Waals surface area contributed by atoms with Gasteiger partial charge in [0.2, 0.25) is 0 Å². The Hall–Kier alpha value is -1.76. The molecule has 0 radical (unpaired) electrons. The first kappa shape index (κ1) is 10.7. The topological polar surface area (TPSA) is 51.2 Å². The van der Waals surface area contributed by atoms with Gasteiger partial charge in [-0.2, -0.15) is 0 Å². The maximum atomic E-state index is 5.71. The Kier molecular flexibility index (Phi) is 3.25. The van der Waals surface area contributed by atoms with Gasteiger partial charge in [-0.1, -0.05) is 18.2 Å². The van der Waals surface area contributed by atoms with E-state index in [9.17, 15) is 0 Å². The van der Waals surface area contributed by atoms with Crippen LogP contribution >= 0.6 is 0 Å². The normalized spacial score (nSPS) is 12.5. The van der Waals surface area contributed by atoms with E-state index in [1.165, 1.54) is 0 Å². The predicted octanol–water partition coefficient (Wildman–Crippen LogP) is 2.35. The van der Waals surface area contributed by atoms with Crippen molar-refractivity contribution in [3.8, 4) is 12.3 Å². The van der Waals surface area contributed by atoms with Crippen molar-refractivity contribution < 1.29 is 4.42 Å². The summed E-state index contributed by atoms with van der Waals surface area (Å²) in [7, 11) is 0. The van der Waals surface area contributed by atoms with Crippen LogP contribution < -0.4 is 11.3 Å². The molecule has 1 unspecified atom stereocenters. The summed E-state index contributed by atoms with van der Waals surface area (Å²) < 4.78 is 5.71. The van der Waals surface area contributed by atoms with Gasteiger partial charge in [-0.05, 0) is 18.6 Å². The highest BCUT2D eigenvalue weighted by atomic mass is 16.3. The Labute approximate surface area is 94.6 Å². The van der Waals surface area contributed by atoms with E-state index in [-0.39, 0.29) is 6.04 Å². The molecule has 1 heterocycles. The predicted molar refractivity (Wildman–Crippen MR) is 64.3 cm³/mol. The highest BCUT2D eigenvalue weighted by Crippen LogP contribution is 2.25. The van der Waals surface area contributed by atoms with Crippen LogP contribution in [-0.2, 0) is 0 Å². The smallest absolute Gasteiger partial charge is 0.134 e. The third-order valence-corrected chi connectivity index (χ3v) is 2.57. The molecule has 0 fully saturated rings. The first-order chi connectivity index (χ1) is 7.85. The van der Waals surface area contributed by atoms with Crippen molar-refractivity contribution in [2.24, 2.45) is 5.84 Å². The lowest BCUT2D eigenvalue weighted by Gasteiger charge is -2.10. The van der Waals surface area contributed by atoms with Crippen LogP contribution in [0.1, 0.15) is 24.6 Å². The van der Waals surface area contributed by atoms with Crippen LogP contribution in [-0.4, -0.2) is 0 Å². The molecule has 0 amide bonds.